The van der Waals surface area contributed by atoms with Crippen LogP contribution in [0.15, 0.2) is 17.8 Å². The van der Waals surface area contributed by atoms with Gasteiger partial charge in [0.05, 0.1) is 5.69 Å². The molecule has 1 aromatic heterocycles. The average Bonchev–Trinajstić information content (AvgIpc) is 2.79. The van der Waals surface area contributed by atoms with Crippen molar-refractivity contribution < 1.29 is 0 Å². The van der Waals surface area contributed by atoms with Crippen LogP contribution in [-0.2, 0) is 13.1 Å². The Bertz CT molecular complexity index is 349. The lowest BCUT2D eigenvalue weighted by Gasteiger charge is -2.09. The highest BCUT2D eigenvalue weighted by Crippen LogP contribution is 2.20. The number of rotatable bonds is 3. The Morgan fingerprint density at radius 1 is 1.57 bits per heavy atom. The van der Waals surface area contributed by atoms with E-state index in [1.165, 1.54) is 24.8 Å². The third-order valence-electron chi connectivity index (χ3n) is 2.84. The molecular weight excluding hydrogens is 174 g/mol. The van der Waals surface area contributed by atoms with Crippen LogP contribution >= 0.6 is 0 Å². The van der Waals surface area contributed by atoms with Gasteiger partial charge in [-0.3, -0.25) is 0 Å². The number of hydrogen-bond donors (Lipinski definition) is 1. The summed E-state index contributed by atoms with van der Waals surface area (Å²) in [6.07, 6.45) is 8.01. The van der Waals surface area contributed by atoms with Crippen LogP contribution in [-0.4, -0.2) is 9.55 Å². The molecule has 3 heteroatoms. The SMILES string of the molecule is Cc1ncc(CN)n1CC1=CCCC1. The minimum absolute atomic E-state index is 0.578. The molecule has 2 rings (SSSR count). The second kappa shape index (κ2) is 3.96. The van der Waals surface area contributed by atoms with E-state index in [9.17, 15) is 0 Å². The molecule has 0 fully saturated rings. The first-order chi connectivity index (χ1) is 6.81. The second-order valence-corrected chi connectivity index (χ2v) is 3.84. The number of nitrogens with two attached hydrogens (primary N) is 1. The largest absolute Gasteiger partial charge is 0.327 e. The highest BCUT2D eigenvalue weighted by molar-refractivity contribution is 5.12. The van der Waals surface area contributed by atoms with Crippen molar-refractivity contribution >= 4 is 0 Å². The van der Waals surface area contributed by atoms with Crippen molar-refractivity contribution in [3.8, 4) is 0 Å². The van der Waals surface area contributed by atoms with Crippen LogP contribution in [0.1, 0.15) is 30.8 Å². The summed E-state index contributed by atoms with van der Waals surface area (Å²) < 4.78 is 2.22. The lowest BCUT2D eigenvalue weighted by atomic mass is 10.2. The van der Waals surface area contributed by atoms with Gasteiger partial charge in [0.25, 0.3) is 0 Å². The van der Waals surface area contributed by atoms with Crippen molar-refractivity contribution in [1.82, 2.24) is 9.55 Å². The molecular formula is C11H17N3. The normalized spacial score (nSPS) is 16.0. The molecule has 0 aromatic carbocycles. The predicted molar refractivity (Wildman–Crippen MR) is 56.8 cm³/mol. The molecule has 0 atom stereocenters. The predicted octanol–water partition coefficient (Wildman–Crippen LogP) is 1.76. The van der Waals surface area contributed by atoms with Crippen molar-refractivity contribution in [2.75, 3.05) is 0 Å². The molecule has 0 aliphatic heterocycles. The van der Waals surface area contributed by atoms with Gasteiger partial charge in [-0.05, 0) is 26.2 Å². The summed E-state index contributed by atoms with van der Waals surface area (Å²) in [5.74, 6) is 1.07. The van der Waals surface area contributed by atoms with E-state index in [0.717, 1.165) is 18.1 Å². The molecule has 14 heavy (non-hydrogen) atoms. The number of imidazole rings is 1. The Balaban J connectivity index is 2.18. The fraction of sp³-hybridized carbons (Fsp3) is 0.545. The monoisotopic (exact) mass is 191 g/mol. The number of hydrogen-bond acceptors (Lipinski definition) is 2. The Kier molecular flexibility index (Phi) is 2.68. The topological polar surface area (TPSA) is 43.8 Å². The first-order valence-electron chi connectivity index (χ1n) is 5.20. The van der Waals surface area contributed by atoms with Gasteiger partial charge in [-0.25, -0.2) is 4.98 Å². The van der Waals surface area contributed by atoms with E-state index < -0.39 is 0 Å². The summed E-state index contributed by atoms with van der Waals surface area (Å²) >= 11 is 0. The Morgan fingerprint density at radius 3 is 3.07 bits per heavy atom. The average molecular weight is 191 g/mol. The van der Waals surface area contributed by atoms with Crippen molar-refractivity contribution in [1.29, 1.82) is 0 Å². The summed E-state index contributed by atoms with van der Waals surface area (Å²) in [6.45, 7) is 3.60. The Hall–Kier alpha value is -1.09. The molecule has 0 bridgehead atoms. The van der Waals surface area contributed by atoms with Gasteiger partial charge in [-0.15, -0.1) is 0 Å². The van der Waals surface area contributed by atoms with Gasteiger partial charge >= 0.3 is 0 Å². The van der Waals surface area contributed by atoms with Gasteiger partial charge < -0.3 is 10.3 Å². The van der Waals surface area contributed by atoms with Gasteiger partial charge in [-0.1, -0.05) is 11.6 Å². The summed E-state index contributed by atoms with van der Waals surface area (Å²) in [7, 11) is 0. The summed E-state index contributed by atoms with van der Waals surface area (Å²) in [6, 6.07) is 0. The molecule has 0 amide bonds. The maximum Gasteiger partial charge on any atom is 0.106 e. The van der Waals surface area contributed by atoms with Gasteiger partial charge in [-0.2, -0.15) is 0 Å². The lowest BCUT2D eigenvalue weighted by molar-refractivity contribution is 0.687. The van der Waals surface area contributed by atoms with Crippen LogP contribution in [0.25, 0.3) is 0 Å². The van der Waals surface area contributed by atoms with E-state index >= 15 is 0 Å². The van der Waals surface area contributed by atoms with Gasteiger partial charge in [0.2, 0.25) is 0 Å². The fourth-order valence-corrected chi connectivity index (χ4v) is 1.98. The van der Waals surface area contributed by atoms with Crippen LogP contribution < -0.4 is 5.73 Å². The standard InChI is InChI=1S/C11H17N3/c1-9-13-7-11(6-12)14(9)8-10-4-2-3-5-10/h4,7H,2-3,5-6,8,12H2,1H3. The summed E-state index contributed by atoms with van der Waals surface area (Å²) in [4.78, 5) is 4.29. The Morgan fingerprint density at radius 2 is 2.43 bits per heavy atom. The van der Waals surface area contributed by atoms with E-state index in [1.54, 1.807) is 0 Å². The van der Waals surface area contributed by atoms with Crippen LogP contribution in [0.3, 0.4) is 0 Å². The fourth-order valence-electron chi connectivity index (χ4n) is 1.98. The minimum Gasteiger partial charge on any atom is -0.327 e. The summed E-state index contributed by atoms with van der Waals surface area (Å²) in [5, 5.41) is 0. The maximum absolute atomic E-state index is 5.66. The first kappa shape index (κ1) is 9.46. The molecule has 2 N–H and O–H groups in total. The van der Waals surface area contributed by atoms with Crippen LogP contribution in [0.5, 0.6) is 0 Å². The summed E-state index contributed by atoms with van der Waals surface area (Å²) in [5.41, 5.74) is 8.32. The molecule has 1 aliphatic rings. The number of aromatic nitrogens is 2. The van der Waals surface area contributed by atoms with Gasteiger partial charge in [0, 0.05) is 19.3 Å². The zero-order chi connectivity index (χ0) is 9.97. The maximum atomic E-state index is 5.66. The highest BCUT2D eigenvalue weighted by atomic mass is 15.1. The van der Waals surface area contributed by atoms with Gasteiger partial charge in [0.1, 0.15) is 5.82 Å². The zero-order valence-corrected chi connectivity index (χ0v) is 8.66. The molecule has 0 radical (unpaired) electrons. The van der Waals surface area contributed by atoms with E-state index in [0.29, 0.717) is 6.54 Å². The molecule has 0 unspecified atom stereocenters. The molecule has 0 spiro atoms. The second-order valence-electron chi connectivity index (χ2n) is 3.84. The first-order valence-corrected chi connectivity index (χ1v) is 5.20. The van der Waals surface area contributed by atoms with Crippen LogP contribution in [0.4, 0.5) is 0 Å². The van der Waals surface area contributed by atoms with Crippen molar-refractivity contribution in [3.63, 3.8) is 0 Å². The smallest absolute Gasteiger partial charge is 0.106 e. The van der Waals surface area contributed by atoms with Gasteiger partial charge in [0.15, 0.2) is 0 Å². The molecule has 3 nitrogen and oxygen atoms in total. The van der Waals surface area contributed by atoms with Crippen molar-refractivity contribution in [2.45, 2.75) is 39.3 Å². The lowest BCUT2D eigenvalue weighted by Crippen LogP contribution is -2.09. The number of aryl methyl sites for hydroxylation is 1. The van der Waals surface area contributed by atoms with Crippen molar-refractivity contribution in [2.24, 2.45) is 5.73 Å². The molecule has 0 saturated carbocycles. The highest BCUT2D eigenvalue weighted by Gasteiger charge is 2.09. The molecule has 1 aliphatic carbocycles. The zero-order valence-electron chi connectivity index (χ0n) is 8.66. The Labute approximate surface area is 84.6 Å². The van der Waals surface area contributed by atoms with E-state index in [-0.39, 0.29) is 0 Å². The molecule has 1 aromatic rings. The number of nitrogens with zero attached hydrogens (tertiary/aromatic N) is 2. The third kappa shape index (κ3) is 1.73. The van der Waals surface area contributed by atoms with Crippen LogP contribution in [0, 0.1) is 6.92 Å². The van der Waals surface area contributed by atoms with Crippen molar-refractivity contribution in [3.05, 3.63) is 29.4 Å². The number of allylic oxidation sites excluding steroid dienone is 2. The third-order valence-corrected chi connectivity index (χ3v) is 2.84. The minimum atomic E-state index is 0.578. The molecule has 76 valence electrons. The molecule has 1 heterocycles. The van der Waals surface area contributed by atoms with E-state index in [4.69, 9.17) is 5.73 Å². The van der Waals surface area contributed by atoms with E-state index in [2.05, 4.69) is 15.6 Å². The van der Waals surface area contributed by atoms with Crippen LogP contribution in [0.2, 0.25) is 0 Å². The molecule has 0 saturated heterocycles. The van der Waals surface area contributed by atoms with E-state index in [1.807, 2.05) is 13.1 Å². The quantitative estimate of drug-likeness (QED) is 0.740.